The lowest BCUT2D eigenvalue weighted by Gasteiger charge is -2.35. The normalized spacial score (nSPS) is 27.1. The second-order valence-corrected chi connectivity index (χ2v) is 6.61. The van der Waals surface area contributed by atoms with Crippen molar-refractivity contribution in [1.29, 1.82) is 0 Å². The van der Waals surface area contributed by atoms with Crippen LogP contribution in [0.15, 0.2) is 0 Å². The van der Waals surface area contributed by atoms with E-state index in [0.29, 0.717) is 25.9 Å². The van der Waals surface area contributed by atoms with E-state index in [1.165, 1.54) is 12.8 Å². The van der Waals surface area contributed by atoms with Gasteiger partial charge in [-0.1, -0.05) is 26.7 Å². The van der Waals surface area contributed by atoms with E-state index in [-0.39, 0.29) is 6.03 Å². The molecule has 1 unspecified atom stereocenters. The quantitative estimate of drug-likeness (QED) is 0.867. The maximum Gasteiger partial charge on any atom is 0.320 e. The zero-order valence-electron chi connectivity index (χ0n) is 13.3. The van der Waals surface area contributed by atoms with Gasteiger partial charge in [-0.25, -0.2) is 4.79 Å². The Morgan fingerprint density at radius 1 is 1.14 bits per heavy atom. The molecule has 2 amide bonds. The van der Waals surface area contributed by atoms with Gasteiger partial charge in [-0.3, -0.25) is 4.79 Å². The minimum absolute atomic E-state index is 0.0431. The summed E-state index contributed by atoms with van der Waals surface area (Å²) in [7, 11) is 0. The Kier molecular flexibility index (Phi) is 5.12. The lowest BCUT2D eigenvalue weighted by atomic mass is 9.84. The molecule has 5 heteroatoms. The van der Waals surface area contributed by atoms with Crippen molar-refractivity contribution in [3.63, 3.8) is 0 Å². The van der Waals surface area contributed by atoms with E-state index in [1.54, 1.807) is 4.90 Å². The number of rotatable bonds is 4. The van der Waals surface area contributed by atoms with Crippen LogP contribution in [0, 0.1) is 11.3 Å². The summed E-state index contributed by atoms with van der Waals surface area (Å²) < 4.78 is 0. The summed E-state index contributed by atoms with van der Waals surface area (Å²) in [6, 6.07) is 0.0431. The van der Waals surface area contributed by atoms with E-state index >= 15 is 0 Å². The largest absolute Gasteiger partial charge is 0.481 e. The van der Waals surface area contributed by atoms with Gasteiger partial charge in [0, 0.05) is 26.2 Å². The molecule has 0 radical (unpaired) electrons. The Morgan fingerprint density at radius 3 is 2.29 bits per heavy atom. The summed E-state index contributed by atoms with van der Waals surface area (Å²) in [6.45, 7) is 6.70. The molecule has 1 atom stereocenters. The highest BCUT2D eigenvalue weighted by Gasteiger charge is 2.45. The summed E-state index contributed by atoms with van der Waals surface area (Å²) in [5.74, 6) is -0.00617. The van der Waals surface area contributed by atoms with Crippen molar-refractivity contribution >= 4 is 12.0 Å². The van der Waals surface area contributed by atoms with E-state index in [9.17, 15) is 14.7 Å². The fourth-order valence-corrected chi connectivity index (χ4v) is 3.67. The van der Waals surface area contributed by atoms with E-state index in [4.69, 9.17) is 0 Å². The fourth-order valence-electron chi connectivity index (χ4n) is 3.67. The minimum atomic E-state index is -0.762. The van der Waals surface area contributed by atoms with Gasteiger partial charge in [0.1, 0.15) is 0 Å². The van der Waals surface area contributed by atoms with Gasteiger partial charge in [0.25, 0.3) is 0 Å². The highest BCUT2D eigenvalue weighted by atomic mass is 16.4. The monoisotopic (exact) mass is 296 g/mol. The van der Waals surface area contributed by atoms with Gasteiger partial charge < -0.3 is 14.9 Å². The van der Waals surface area contributed by atoms with Crippen molar-refractivity contribution in [3.05, 3.63) is 0 Å². The summed E-state index contributed by atoms with van der Waals surface area (Å²) >= 11 is 0. The number of carbonyl (C=O) groups excluding carboxylic acids is 1. The number of amides is 2. The Bertz CT molecular complexity index is 391. The second-order valence-electron chi connectivity index (χ2n) is 6.61. The van der Waals surface area contributed by atoms with Gasteiger partial charge in [0.15, 0.2) is 0 Å². The van der Waals surface area contributed by atoms with E-state index in [1.807, 2.05) is 11.8 Å². The molecule has 0 aromatic heterocycles. The van der Waals surface area contributed by atoms with Crippen LogP contribution < -0.4 is 0 Å². The molecule has 2 rings (SSSR count). The number of urea groups is 1. The molecule has 2 aliphatic heterocycles. The number of aliphatic carboxylic acids is 1. The van der Waals surface area contributed by atoms with Crippen LogP contribution >= 0.6 is 0 Å². The molecule has 0 aromatic rings. The average molecular weight is 296 g/mol. The summed E-state index contributed by atoms with van der Waals surface area (Å²) in [6.07, 6.45) is 5.81. The fraction of sp³-hybridized carbons (Fsp3) is 0.875. The maximum atomic E-state index is 12.6. The topological polar surface area (TPSA) is 60.9 Å². The number of carboxylic acids is 1. The molecular formula is C16H28N2O3. The van der Waals surface area contributed by atoms with Gasteiger partial charge in [0.05, 0.1) is 5.41 Å². The molecule has 2 saturated heterocycles. The summed E-state index contributed by atoms with van der Waals surface area (Å²) in [4.78, 5) is 27.7. The van der Waals surface area contributed by atoms with Crippen LogP contribution in [0.5, 0.6) is 0 Å². The number of hydrogen-bond donors (Lipinski definition) is 1. The first-order valence-corrected chi connectivity index (χ1v) is 8.29. The smallest absolute Gasteiger partial charge is 0.320 e. The first-order chi connectivity index (χ1) is 10.0. The molecule has 0 spiro atoms. The number of likely N-dealkylation sites (tertiary alicyclic amines) is 2. The lowest BCUT2D eigenvalue weighted by molar-refractivity contribution is -0.148. The average Bonchev–Trinajstić information content (AvgIpc) is 2.93. The summed E-state index contributed by atoms with van der Waals surface area (Å²) in [5.41, 5.74) is -0.726. The number of nitrogens with zero attached hydrogens (tertiary/aromatic N) is 2. The zero-order chi connectivity index (χ0) is 15.5. The van der Waals surface area contributed by atoms with Crippen LogP contribution in [0.25, 0.3) is 0 Å². The molecule has 21 heavy (non-hydrogen) atoms. The predicted molar refractivity (Wildman–Crippen MR) is 81.2 cm³/mol. The molecule has 120 valence electrons. The number of carbonyl (C=O) groups is 2. The van der Waals surface area contributed by atoms with Gasteiger partial charge in [-0.05, 0) is 31.6 Å². The standard InChI is InChI=1S/C16H28N2O3/c1-3-5-13-6-9-17(10-7-13)15(21)18-11-8-16(4-2,12-18)14(19)20/h13H,3-12H2,1-2H3,(H,19,20). The molecule has 0 aromatic carbocycles. The van der Waals surface area contributed by atoms with Crippen molar-refractivity contribution < 1.29 is 14.7 Å². The van der Waals surface area contributed by atoms with Gasteiger partial charge in [-0.2, -0.15) is 0 Å². The predicted octanol–water partition coefficient (Wildman–Crippen LogP) is 2.81. The van der Waals surface area contributed by atoms with Crippen LogP contribution in [0.3, 0.4) is 0 Å². The van der Waals surface area contributed by atoms with E-state index in [2.05, 4.69) is 6.92 Å². The number of carboxylic acid groups (broad SMARTS) is 1. The minimum Gasteiger partial charge on any atom is -0.481 e. The third kappa shape index (κ3) is 3.33. The Hall–Kier alpha value is -1.26. The Labute approximate surface area is 127 Å². The van der Waals surface area contributed by atoms with Crippen LogP contribution in [-0.2, 0) is 4.79 Å². The Morgan fingerprint density at radius 2 is 1.81 bits per heavy atom. The SMILES string of the molecule is CCCC1CCN(C(=O)N2CCC(CC)(C(=O)O)C2)CC1. The van der Waals surface area contributed by atoms with Crippen molar-refractivity contribution in [2.24, 2.45) is 11.3 Å². The number of hydrogen-bond acceptors (Lipinski definition) is 2. The van der Waals surface area contributed by atoms with Gasteiger partial charge >= 0.3 is 12.0 Å². The first kappa shape index (κ1) is 16.1. The molecule has 0 bridgehead atoms. The molecule has 2 aliphatic rings. The molecule has 0 aliphatic carbocycles. The van der Waals surface area contributed by atoms with Crippen LogP contribution in [0.1, 0.15) is 52.4 Å². The third-order valence-electron chi connectivity index (χ3n) is 5.34. The molecule has 2 fully saturated rings. The van der Waals surface area contributed by atoms with E-state index in [0.717, 1.165) is 31.8 Å². The molecular weight excluding hydrogens is 268 g/mol. The zero-order valence-corrected chi connectivity index (χ0v) is 13.3. The van der Waals surface area contributed by atoms with E-state index < -0.39 is 11.4 Å². The van der Waals surface area contributed by atoms with Crippen molar-refractivity contribution in [1.82, 2.24) is 9.80 Å². The van der Waals surface area contributed by atoms with Crippen LogP contribution in [-0.4, -0.2) is 53.1 Å². The first-order valence-electron chi connectivity index (χ1n) is 8.29. The van der Waals surface area contributed by atoms with Gasteiger partial charge in [0.2, 0.25) is 0 Å². The molecule has 2 heterocycles. The van der Waals surface area contributed by atoms with Crippen molar-refractivity contribution in [2.45, 2.75) is 52.4 Å². The maximum absolute atomic E-state index is 12.6. The van der Waals surface area contributed by atoms with Crippen molar-refractivity contribution in [3.8, 4) is 0 Å². The van der Waals surface area contributed by atoms with Crippen molar-refractivity contribution in [2.75, 3.05) is 26.2 Å². The number of piperidine rings is 1. The highest BCUT2D eigenvalue weighted by Crippen LogP contribution is 2.35. The third-order valence-corrected chi connectivity index (χ3v) is 5.34. The second kappa shape index (κ2) is 6.67. The van der Waals surface area contributed by atoms with Crippen LogP contribution in [0.4, 0.5) is 4.79 Å². The van der Waals surface area contributed by atoms with Crippen LogP contribution in [0.2, 0.25) is 0 Å². The molecule has 0 saturated carbocycles. The highest BCUT2D eigenvalue weighted by molar-refractivity contribution is 5.79. The summed E-state index contributed by atoms with van der Waals surface area (Å²) in [5, 5.41) is 9.42. The Balaban J connectivity index is 1.89. The molecule has 1 N–H and O–H groups in total. The molecule has 5 nitrogen and oxygen atoms in total. The van der Waals surface area contributed by atoms with Gasteiger partial charge in [-0.15, -0.1) is 0 Å². The lowest BCUT2D eigenvalue weighted by Crippen LogP contribution is -2.47.